The highest BCUT2D eigenvalue weighted by Gasteiger charge is 2.13. The van der Waals surface area contributed by atoms with Gasteiger partial charge >= 0.3 is 0 Å². The Kier molecular flexibility index (Phi) is 7.56. The van der Waals surface area contributed by atoms with Crippen LogP contribution in [0.15, 0.2) is 83.8 Å². The summed E-state index contributed by atoms with van der Waals surface area (Å²) in [6, 6.07) is 27.5. The summed E-state index contributed by atoms with van der Waals surface area (Å²) in [4.78, 5) is 3.09. The van der Waals surface area contributed by atoms with Crippen molar-refractivity contribution >= 4 is 23.8 Å². The fourth-order valence-corrected chi connectivity index (χ4v) is 3.52. The number of likely N-dealkylation sites (N-methyl/N-ethyl adjacent to an activating group) is 1. The molecule has 0 aliphatic heterocycles. The van der Waals surface area contributed by atoms with Gasteiger partial charge in [0.05, 0.1) is 0 Å². The van der Waals surface area contributed by atoms with Crippen LogP contribution in [-0.4, -0.2) is 32.1 Å². The van der Waals surface area contributed by atoms with Crippen molar-refractivity contribution in [3.63, 3.8) is 0 Å². The molecule has 0 saturated carbocycles. The molecular weight excluding hydrogens is 374 g/mol. The number of allylic oxidation sites excluding steroid dienone is 1. The minimum Gasteiger partial charge on any atom is -0.492 e. The lowest BCUT2D eigenvalue weighted by molar-refractivity contribution is 0.261. The monoisotopic (exact) mass is 403 g/mol. The van der Waals surface area contributed by atoms with Gasteiger partial charge in [-0.1, -0.05) is 61.5 Å². The van der Waals surface area contributed by atoms with E-state index in [2.05, 4.69) is 117 Å². The summed E-state index contributed by atoms with van der Waals surface area (Å²) in [5.41, 5.74) is 6.24. The molecule has 0 atom stereocenters. The first-order chi connectivity index (χ1) is 14.1. The third-order valence-electron chi connectivity index (χ3n) is 4.88. The van der Waals surface area contributed by atoms with Gasteiger partial charge in [-0.2, -0.15) is 0 Å². The summed E-state index contributed by atoms with van der Waals surface area (Å²) in [5, 5.41) is 0. The van der Waals surface area contributed by atoms with Crippen LogP contribution in [0, 0.1) is 0 Å². The molecule has 3 heteroatoms. The molecule has 0 radical (unpaired) electrons. The Hall–Kier alpha value is -2.49. The SMILES string of the molecule is CC/C(=C(\c1ccc(S)cc1)c1ccc(OCCN(C)C)cc1)c1ccccc1. The van der Waals surface area contributed by atoms with Crippen LogP contribution in [0.5, 0.6) is 5.75 Å². The molecule has 0 fully saturated rings. The normalized spacial score (nSPS) is 12.0. The number of ether oxygens (including phenoxy) is 1. The smallest absolute Gasteiger partial charge is 0.119 e. The van der Waals surface area contributed by atoms with Crippen LogP contribution in [0.25, 0.3) is 11.1 Å². The standard InChI is InChI=1S/C26H29NOS/c1-4-25(20-8-6-5-7-9-20)26(22-12-16-24(29)17-13-22)21-10-14-23(15-11-21)28-19-18-27(2)3/h5-17,29H,4,18-19H2,1-3H3/b26-25+. The van der Waals surface area contributed by atoms with Gasteiger partial charge in [-0.3, -0.25) is 0 Å². The van der Waals surface area contributed by atoms with E-state index >= 15 is 0 Å². The molecule has 0 bridgehead atoms. The molecule has 0 aromatic heterocycles. The van der Waals surface area contributed by atoms with Crippen molar-refractivity contribution in [2.24, 2.45) is 0 Å². The molecule has 3 aromatic rings. The van der Waals surface area contributed by atoms with Gasteiger partial charge in [-0.15, -0.1) is 12.6 Å². The lowest BCUT2D eigenvalue weighted by atomic mass is 9.88. The zero-order valence-corrected chi connectivity index (χ0v) is 18.3. The van der Waals surface area contributed by atoms with E-state index < -0.39 is 0 Å². The van der Waals surface area contributed by atoms with Crippen LogP contribution in [0.2, 0.25) is 0 Å². The molecule has 0 aliphatic rings. The molecule has 0 unspecified atom stereocenters. The Morgan fingerprint density at radius 2 is 1.38 bits per heavy atom. The average molecular weight is 404 g/mol. The number of hydrogen-bond acceptors (Lipinski definition) is 3. The van der Waals surface area contributed by atoms with Gasteiger partial charge in [-0.25, -0.2) is 0 Å². The molecule has 2 nitrogen and oxygen atoms in total. The fourth-order valence-electron chi connectivity index (χ4n) is 3.37. The molecular formula is C26H29NOS. The molecule has 29 heavy (non-hydrogen) atoms. The molecule has 0 heterocycles. The summed E-state index contributed by atoms with van der Waals surface area (Å²) >= 11 is 4.46. The lowest BCUT2D eigenvalue weighted by Gasteiger charge is -2.17. The summed E-state index contributed by atoms with van der Waals surface area (Å²) in [6.07, 6.45) is 0.947. The minimum atomic E-state index is 0.683. The predicted octanol–water partition coefficient (Wildman–Crippen LogP) is 6.28. The first kappa shape index (κ1) is 21.2. The van der Waals surface area contributed by atoms with E-state index in [1.807, 2.05) is 0 Å². The molecule has 3 aromatic carbocycles. The maximum absolute atomic E-state index is 5.88. The van der Waals surface area contributed by atoms with Crippen molar-refractivity contribution < 1.29 is 4.74 Å². The molecule has 3 rings (SSSR count). The zero-order valence-electron chi connectivity index (χ0n) is 17.4. The third kappa shape index (κ3) is 5.75. The summed E-state index contributed by atoms with van der Waals surface area (Å²) in [7, 11) is 4.10. The van der Waals surface area contributed by atoms with Crippen molar-refractivity contribution in [1.82, 2.24) is 4.90 Å². The van der Waals surface area contributed by atoms with Gasteiger partial charge in [0.1, 0.15) is 12.4 Å². The van der Waals surface area contributed by atoms with Crippen molar-refractivity contribution in [3.8, 4) is 5.75 Å². The number of hydrogen-bond donors (Lipinski definition) is 1. The second kappa shape index (κ2) is 10.3. The number of benzene rings is 3. The fraction of sp³-hybridized carbons (Fsp3) is 0.231. The Bertz CT molecular complexity index is 929. The van der Waals surface area contributed by atoms with Gasteiger partial charge in [0.2, 0.25) is 0 Å². The Balaban J connectivity index is 2.02. The van der Waals surface area contributed by atoms with Gasteiger partial charge in [0.15, 0.2) is 0 Å². The molecule has 0 amide bonds. The summed E-state index contributed by atoms with van der Waals surface area (Å²) in [6.45, 7) is 3.80. The van der Waals surface area contributed by atoms with E-state index in [4.69, 9.17) is 4.74 Å². The van der Waals surface area contributed by atoms with Crippen molar-refractivity contribution in [3.05, 3.63) is 95.6 Å². The van der Waals surface area contributed by atoms with Gasteiger partial charge in [-0.05, 0) is 72.6 Å². The van der Waals surface area contributed by atoms with Crippen molar-refractivity contribution in [2.45, 2.75) is 18.2 Å². The van der Waals surface area contributed by atoms with Crippen LogP contribution >= 0.6 is 12.6 Å². The van der Waals surface area contributed by atoms with Crippen molar-refractivity contribution in [2.75, 3.05) is 27.2 Å². The molecule has 0 spiro atoms. The van der Waals surface area contributed by atoms with E-state index in [0.717, 1.165) is 23.6 Å². The Morgan fingerprint density at radius 3 is 1.93 bits per heavy atom. The van der Waals surface area contributed by atoms with E-state index in [1.165, 1.54) is 27.8 Å². The molecule has 150 valence electrons. The lowest BCUT2D eigenvalue weighted by Crippen LogP contribution is -2.19. The van der Waals surface area contributed by atoms with Gasteiger partial charge in [0, 0.05) is 11.4 Å². The highest BCUT2D eigenvalue weighted by Crippen LogP contribution is 2.35. The Morgan fingerprint density at radius 1 is 0.793 bits per heavy atom. The van der Waals surface area contributed by atoms with Crippen molar-refractivity contribution in [1.29, 1.82) is 0 Å². The topological polar surface area (TPSA) is 12.5 Å². The third-order valence-corrected chi connectivity index (χ3v) is 5.18. The highest BCUT2D eigenvalue weighted by atomic mass is 32.1. The van der Waals surface area contributed by atoms with Crippen LogP contribution in [0.4, 0.5) is 0 Å². The predicted molar refractivity (Wildman–Crippen MR) is 127 cm³/mol. The van der Waals surface area contributed by atoms with Crippen LogP contribution in [0.1, 0.15) is 30.0 Å². The number of nitrogens with zero attached hydrogens (tertiary/aromatic N) is 1. The number of rotatable bonds is 8. The van der Waals surface area contributed by atoms with E-state index in [1.54, 1.807) is 0 Å². The maximum Gasteiger partial charge on any atom is 0.119 e. The molecule has 0 saturated heterocycles. The van der Waals surface area contributed by atoms with E-state index in [-0.39, 0.29) is 0 Å². The second-order valence-electron chi connectivity index (χ2n) is 7.30. The van der Waals surface area contributed by atoms with Gasteiger partial charge in [0.25, 0.3) is 0 Å². The first-order valence-electron chi connectivity index (χ1n) is 10.0. The largest absolute Gasteiger partial charge is 0.492 e. The second-order valence-corrected chi connectivity index (χ2v) is 7.81. The number of thiol groups is 1. The summed E-state index contributed by atoms with van der Waals surface area (Å²) in [5.74, 6) is 0.901. The quantitative estimate of drug-likeness (QED) is 0.351. The molecule has 0 N–H and O–H groups in total. The molecule has 0 aliphatic carbocycles. The van der Waals surface area contributed by atoms with Crippen LogP contribution < -0.4 is 4.74 Å². The summed E-state index contributed by atoms with van der Waals surface area (Å²) < 4.78 is 5.88. The van der Waals surface area contributed by atoms with E-state index in [0.29, 0.717) is 6.61 Å². The van der Waals surface area contributed by atoms with Gasteiger partial charge < -0.3 is 9.64 Å². The van der Waals surface area contributed by atoms with E-state index in [9.17, 15) is 0 Å². The Labute approximate surface area is 180 Å². The van der Waals surface area contributed by atoms with Crippen LogP contribution in [0.3, 0.4) is 0 Å². The average Bonchev–Trinajstić information content (AvgIpc) is 2.74. The first-order valence-corrected chi connectivity index (χ1v) is 10.5. The minimum absolute atomic E-state index is 0.683. The zero-order chi connectivity index (χ0) is 20.6. The highest BCUT2D eigenvalue weighted by molar-refractivity contribution is 7.80. The van der Waals surface area contributed by atoms with Crippen LogP contribution in [-0.2, 0) is 0 Å². The maximum atomic E-state index is 5.88.